The molecule has 1 rings (SSSR count). The summed E-state index contributed by atoms with van der Waals surface area (Å²) in [5.74, 6) is 0. The summed E-state index contributed by atoms with van der Waals surface area (Å²) in [5, 5.41) is 6.46. The fourth-order valence-electron chi connectivity index (χ4n) is 1.94. The van der Waals surface area contributed by atoms with Gasteiger partial charge in [0.05, 0.1) is 5.69 Å². The van der Waals surface area contributed by atoms with Crippen LogP contribution < -0.4 is 5.32 Å². The van der Waals surface area contributed by atoms with Crippen LogP contribution in [0.2, 0.25) is 0 Å². The second-order valence-electron chi connectivity index (χ2n) is 4.22. The van der Waals surface area contributed by atoms with E-state index in [1.54, 1.807) is 11.3 Å². The van der Waals surface area contributed by atoms with Gasteiger partial charge in [0.2, 0.25) is 0 Å². The van der Waals surface area contributed by atoms with Gasteiger partial charge in [-0.15, -0.1) is 11.3 Å². The Balaban J connectivity index is 2.99. The molecule has 98 valence electrons. The minimum atomic E-state index is -0.189. The molecule has 3 nitrogen and oxygen atoms in total. The van der Waals surface area contributed by atoms with Gasteiger partial charge in [-0.3, -0.25) is 0 Å². The molecule has 1 aromatic rings. The number of nitrogens with zero attached hydrogens (tertiary/aromatic N) is 1. The molecule has 0 fully saturated rings. The molecule has 0 aliphatic carbocycles. The van der Waals surface area contributed by atoms with Crippen LogP contribution in [-0.2, 0) is 10.3 Å². The first kappa shape index (κ1) is 14.6. The van der Waals surface area contributed by atoms with E-state index in [4.69, 9.17) is 9.72 Å². The van der Waals surface area contributed by atoms with Gasteiger partial charge in [0.15, 0.2) is 0 Å². The summed E-state index contributed by atoms with van der Waals surface area (Å²) in [7, 11) is 1.96. The van der Waals surface area contributed by atoms with Crippen molar-refractivity contribution >= 4 is 11.3 Å². The number of thiazole rings is 1. The third-order valence-electron chi connectivity index (χ3n) is 3.35. The summed E-state index contributed by atoms with van der Waals surface area (Å²) in [6, 6.07) is 0.299. The average molecular weight is 256 g/mol. The molecule has 4 heteroatoms. The maximum absolute atomic E-state index is 5.97. The zero-order chi connectivity index (χ0) is 12.9. The van der Waals surface area contributed by atoms with Crippen molar-refractivity contribution in [2.24, 2.45) is 0 Å². The van der Waals surface area contributed by atoms with E-state index in [9.17, 15) is 0 Å². The molecule has 17 heavy (non-hydrogen) atoms. The average Bonchev–Trinajstić information content (AvgIpc) is 2.85. The first-order valence-electron chi connectivity index (χ1n) is 6.40. The number of ether oxygens (including phenoxy) is 1. The van der Waals surface area contributed by atoms with Crippen LogP contribution >= 0.6 is 11.3 Å². The lowest BCUT2D eigenvalue weighted by atomic mass is 9.98. The maximum Gasteiger partial charge on any atom is 0.125 e. The fourth-order valence-corrected chi connectivity index (χ4v) is 3.15. The molecule has 0 bridgehead atoms. The molecule has 0 spiro atoms. The molecule has 0 aromatic carbocycles. The van der Waals surface area contributed by atoms with Crippen molar-refractivity contribution in [3.05, 3.63) is 16.1 Å². The third kappa shape index (κ3) is 3.06. The van der Waals surface area contributed by atoms with E-state index in [-0.39, 0.29) is 5.60 Å². The molecule has 0 radical (unpaired) electrons. The smallest absolute Gasteiger partial charge is 0.125 e. The van der Waals surface area contributed by atoms with Crippen molar-refractivity contribution in [3.8, 4) is 0 Å². The van der Waals surface area contributed by atoms with Gasteiger partial charge in [0.25, 0.3) is 0 Å². The second kappa shape index (κ2) is 6.47. The normalized spacial score (nSPS) is 13.9. The Labute approximate surface area is 109 Å². The van der Waals surface area contributed by atoms with E-state index in [0.29, 0.717) is 6.04 Å². The van der Waals surface area contributed by atoms with Gasteiger partial charge in [0.1, 0.15) is 10.6 Å². The number of hydrogen-bond acceptors (Lipinski definition) is 4. The summed E-state index contributed by atoms with van der Waals surface area (Å²) < 4.78 is 5.97. The molecule has 0 aliphatic rings. The monoisotopic (exact) mass is 256 g/mol. The highest BCUT2D eigenvalue weighted by Gasteiger charge is 2.32. The minimum absolute atomic E-state index is 0.189. The SMILES string of the molecule is CCOC(CC)(CC)c1nc(C(C)NC)cs1. The number of nitrogens with one attached hydrogen (secondary N) is 1. The third-order valence-corrected chi connectivity index (χ3v) is 4.40. The maximum atomic E-state index is 5.97. The Morgan fingerprint density at radius 1 is 1.41 bits per heavy atom. The van der Waals surface area contributed by atoms with Crippen LogP contribution in [0.4, 0.5) is 0 Å². The highest BCUT2D eigenvalue weighted by molar-refractivity contribution is 7.09. The molecule has 0 amide bonds. The molecule has 1 aromatic heterocycles. The predicted molar refractivity (Wildman–Crippen MR) is 73.5 cm³/mol. The van der Waals surface area contributed by atoms with E-state index in [1.807, 2.05) is 14.0 Å². The van der Waals surface area contributed by atoms with E-state index >= 15 is 0 Å². The topological polar surface area (TPSA) is 34.1 Å². The van der Waals surface area contributed by atoms with Gasteiger partial charge in [0, 0.05) is 18.0 Å². The first-order chi connectivity index (χ1) is 8.13. The van der Waals surface area contributed by atoms with Crippen LogP contribution in [0.15, 0.2) is 5.38 Å². The van der Waals surface area contributed by atoms with Crippen LogP contribution in [0.3, 0.4) is 0 Å². The molecular weight excluding hydrogens is 232 g/mol. The van der Waals surface area contributed by atoms with E-state index in [2.05, 4.69) is 31.5 Å². The Morgan fingerprint density at radius 3 is 2.53 bits per heavy atom. The fraction of sp³-hybridized carbons (Fsp3) is 0.769. The van der Waals surface area contributed by atoms with Crippen LogP contribution in [0.25, 0.3) is 0 Å². The zero-order valence-electron chi connectivity index (χ0n) is 11.5. The van der Waals surface area contributed by atoms with Crippen LogP contribution in [0, 0.1) is 0 Å². The molecule has 1 unspecified atom stereocenters. The Bertz CT molecular complexity index is 334. The highest BCUT2D eigenvalue weighted by Crippen LogP contribution is 2.35. The number of aromatic nitrogens is 1. The number of rotatable bonds is 7. The molecule has 0 saturated carbocycles. The van der Waals surface area contributed by atoms with Crippen LogP contribution in [0.1, 0.15) is 57.3 Å². The van der Waals surface area contributed by atoms with Gasteiger partial charge in [-0.2, -0.15) is 0 Å². The predicted octanol–water partition coefficient (Wildman–Crippen LogP) is 3.48. The van der Waals surface area contributed by atoms with E-state index in [1.165, 1.54) is 0 Å². The molecule has 0 saturated heterocycles. The summed E-state index contributed by atoms with van der Waals surface area (Å²) in [4.78, 5) is 4.74. The molecule has 0 aliphatic heterocycles. The van der Waals surface area contributed by atoms with Crippen molar-refractivity contribution in [1.82, 2.24) is 10.3 Å². The van der Waals surface area contributed by atoms with Gasteiger partial charge in [-0.05, 0) is 33.7 Å². The van der Waals surface area contributed by atoms with Gasteiger partial charge in [-0.1, -0.05) is 13.8 Å². The standard InChI is InChI=1S/C13H24N2OS/c1-6-13(7-2,16-8-3)12-15-11(9-17-12)10(4)14-5/h9-10,14H,6-8H2,1-5H3. The van der Waals surface area contributed by atoms with Crippen molar-refractivity contribution in [3.63, 3.8) is 0 Å². The van der Waals surface area contributed by atoms with Crippen LogP contribution in [-0.4, -0.2) is 18.6 Å². The van der Waals surface area contributed by atoms with Gasteiger partial charge in [-0.25, -0.2) is 4.98 Å². The Morgan fingerprint density at radius 2 is 2.06 bits per heavy atom. The van der Waals surface area contributed by atoms with Crippen molar-refractivity contribution in [2.45, 2.75) is 52.2 Å². The highest BCUT2D eigenvalue weighted by atomic mass is 32.1. The summed E-state index contributed by atoms with van der Waals surface area (Å²) in [6.07, 6.45) is 1.94. The molecule has 1 heterocycles. The lowest BCUT2D eigenvalue weighted by Crippen LogP contribution is -2.28. The van der Waals surface area contributed by atoms with E-state index < -0.39 is 0 Å². The van der Waals surface area contributed by atoms with Gasteiger partial charge < -0.3 is 10.1 Å². The summed E-state index contributed by atoms with van der Waals surface area (Å²) in [6.45, 7) is 9.24. The van der Waals surface area contributed by atoms with Crippen molar-refractivity contribution in [2.75, 3.05) is 13.7 Å². The first-order valence-corrected chi connectivity index (χ1v) is 7.28. The Kier molecular flexibility index (Phi) is 5.56. The molecule has 1 atom stereocenters. The largest absolute Gasteiger partial charge is 0.368 e. The molecular formula is C13H24N2OS. The van der Waals surface area contributed by atoms with Crippen LogP contribution in [0.5, 0.6) is 0 Å². The lowest BCUT2D eigenvalue weighted by molar-refractivity contribution is -0.0507. The van der Waals surface area contributed by atoms with Crippen molar-refractivity contribution in [1.29, 1.82) is 0 Å². The summed E-state index contributed by atoms with van der Waals surface area (Å²) in [5.41, 5.74) is 0.920. The second-order valence-corrected chi connectivity index (χ2v) is 5.08. The quantitative estimate of drug-likeness (QED) is 0.811. The number of hydrogen-bond donors (Lipinski definition) is 1. The van der Waals surface area contributed by atoms with E-state index in [0.717, 1.165) is 30.2 Å². The minimum Gasteiger partial charge on any atom is -0.368 e. The lowest BCUT2D eigenvalue weighted by Gasteiger charge is -2.29. The van der Waals surface area contributed by atoms with Gasteiger partial charge >= 0.3 is 0 Å². The zero-order valence-corrected chi connectivity index (χ0v) is 12.4. The van der Waals surface area contributed by atoms with Crippen molar-refractivity contribution < 1.29 is 4.74 Å². The Hall–Kier alpha value is -0.450. The molecule has 1 N–H and O–H groups in total. The summed E-state index contributed by atoms with van der Waals surface area (Å²) >= 11 is 1.71.